The van der Waals surface area contributed by atoms with E-state index in [4.69, 9.17) is 4.74 Å². The number of hydrogen-bond donors (Lipinski definition) is 2. The molecule has 1 aromatic rings. The first-order valence-electron chi connectivity index (χ1n) is 11.8. The summed E-state index contributed by atoms with van der Waals surface area (Å²) in [6.07, 6.45) is 5.95. The van der Waals surface area contributed by atoms with Crippen molar-refractivity contribution in [3.05, 3.63) is 24.3 Å². The van der Waals surface area contributed by atoms with Crippen molar-refractivity contribution < 1.29 is 19.1 Å². The number of benzene rings is 1. The first-order valence-corrected chi connectivity index (χ1v) is 11.8. The lowest BCUT2D eigenvalue weighted by Gasteiger charge is -2.56. The van der Waals surface area contributed by atoms with E-state index in [9.17, 15) is 14.4 Å². The molecule has 172 valence electrons. The molecule has 0 radical (unpaired) electrons. The molecule has 1 atom stereocenters. The summed E-state index contributed by atoms with van der Waals surface area (Å²) in [5.41, 5.74) is 0.286. The van der Waals surface area contributed by atoms with Gasteiger partial charge in [-0.05, 0) is 89.2 Å². The molecule has 4 bridgehead atoms. The molecule has 0 aromatic heterocycles. The fraction of sp³-hybridized carbons (Fsp3) is 0.640. The number of amides is 3. The van der Waals surface area contributed by atoms with Crippen LogP contribution in [0.3, 0.4) is 0 Å². The summed E-state index contributed by atoms with van der Waals surface area (Å²) in [6.45, 7) is 5.43. The van der Waals surface area contributed by atoms with E-state index in [1.165, 1.54) is 19.3 Å². The molecule has 4 aliphatic carbocycles. The fourth-order valence-electron chi connectivity index (χ4n) is 6.81. The van der Waals surface area contributed by atoms with Crippen LogP contribution in [0.2, 0.25) is 0 Å². The molecule has 3 amide bonds. The highest BCUT2D eigenvalue weighted by molar-refractivity contribution is 6.08. The number of nitrogens with one attached hydrogen (secondary N) is 2. The monoisotopic (exact) mass is 439 g/mol. The summed E-state index contributed by atoms with van der Waals surface area (Å²) < 4.78 is 5.37. The van der Waals surface area contributed by atoms with Crippen molar-refractivity contribution in [3.8, 4) is 0 Å². The topological polar surface area (TPSA) is 87.7 Å². The Balaban J connectivity index is 1.45. The largest absolute Gasteiger partial charge is 0.444 e. The Kier molecular flexibility index (Phi) is 4.98. The molecule has 7 heteroatoms. The van der Waals surface area contributed by atoms with E-state index < -0.39 is 17.7 Å². The van der Waals surface area contributed by atoms with Crippen LogP contribution >= 0.6 is 0 Å². The van der Waals surface area contributed by atoms with Crippen molar-refractivity contribution in [3.63, 3.8) is 0 Å². The zero-order valence-corrected chi connectivity index (χ0v) is 19.1. The van der Waals surface area contributed by atoms with Gasteiger partial charge in [0.1, 0.15) is 11.6 Å². The summed E-state index contributed by atoms with van der Waals surface area (Å²) in [5.74, 6) is 1.69. The van der Waals surface area contributed by atoms with Crippen molar-refractivity contribution in [1.82, 2.24) is 5.32 Å². The van der Waals surface area contributed by atoms with Crippen LogP contribution in [0.4, 0.5) is 16.2 Å². The Morgan fingerprint density at radius 1 is 1.06 bits per heavy atom. The Labute approximate surface area is 189 Å². The van der Waals surface area contributed by atoms with Crippen molar-refractivity contribution in [2.75, 3.05) is 16.8 Å². The third-order valence-electron chi connectivity index (χ3n) is 7.56. The lowest BCUT2D eigenvalue weighted by molar-refractivity contribution is -0.143. The number of fused-ring (bicyclic) bond motifs is 1. The minimum absolute atomic E-state index is 0.0999. The average molecular weight is 440 g/mol. The van der Waals surface area contributed by atoms with Crippen LogP contribution in [0.15, 0.2) is 24.3 Å². The van der Waals surface area contributed by atoms with Gasteiger partial charge in [0.25, 0.3) is 0 Å². The second kappa shape index (κ2) is 7.49. The standard InChI is InChI=1S/C25H33N3O4/c1-24(2,3)32-23(31)27-19-14-28(20-7-5-4-6-18(20)26-21(19)29)22(30)25-11-15-8-16(12-25)10-17(9-15)13-25/h4-7,15-17,19H,8-14H2,1-3H3,(H,26,29)(H,27,31). The maximum Gasteiger partial charge on any atom is 0.408 e. The van der Waals surface area contributed by atoms with Gasteiger partial charge in [0.05, 0.1) is 23.3 Å². The smallest absolute Gasteiger partial charge is 0.408 e. The normalized spacial score (nSPS) is 33.2. The number of ether oxygens (including phenoxy) is 1. The highest BCUT2D eigenvalue weighted by Crippen LogP contribution is 2.60. The molecule has 4 fully saturated rings. The van der Waals surface area contributed by atoms with E-state index >= 15 is 0 Å². The molecule has 0 saturated heterocycles. The number of hydrogen-bond acceptors (Lipinski definition) is 4. The van der Waals surface area contributed by atoms with Crippen LogP contribution in [0, 0.1) is 23.2 Å². The number of carbonyl (C=O) groups excluding carboxylic acids is 3. The fourth-order valence-corrected chi connectivity index (χ4v) is 6.81. The SMILES string of the molecule is CC(C)(C)OC(=O)NC1CN(C(=O)C23CC4CC(CC(C4)C2)C3)c2ccccc2NC1=O. The Morgan fingerprint density at radius 3 is 2.25 bits per heavy atom. The first-order chi connectivity index (χ1) is 15.1. The van der Waals surface area contributed by atoms with E-state index in [2.05, 4.69) is 10.6 Å². The molecular weight excluding hydrogens is 406 g/mol. The van der Waals surface area contributed by atoms with Crippen LogP contribution in [-0.2, 0) is 14.3 Å². The second-order valence-electron chi connectivity index (χ2n) is 11.3. The lowest BCUT2D eigenvalue weighted by Crippen LogP contribution is -2.57. The molecule has 2 N–H and O–H groups in total. The van der Waals surface area contributed by atoms with Crippen LogP contribution in [0.25, 0.3) is 0 Å². The predicted molar refractivity (Wildman–Crippen MR) is 121 cm³/mol. The summed E-state index contributed by atoms with van der Waals surface area (Å²) in [7, 11) is 0. The number of para-hydroxylation sites is 2. The van der Waals surface area contributed by atoms with Gasteiger partial charge in [-0.25, -0.2) is 4.79 Å². The summed E-state index contributed by atoms with van der Waals surface area (Å²) in [5, 5.41) is 5.59. The van der Waals surface area contributed by atoms with E-state index in [1.807, 2.05) is 24.3 Å². The highest BCUT2D eigenvalue weighted by atomic mass is 16.6. The maximum absolute atomic E-state index is 14.2. The van der Waals surface area contributed by atoms with Gasteiger partial charge in [0.15, 0.2) is 0 Å². The molecule has 32 heavy (non-hydrogen) atoms. The average Bonchev–Trinajstić information content (AvgIpc) is 2.81. The molecular formula is C25H33N3O4. The van der Waals surface area contributed by atoms with Gasteiger partial charge in [-0.1, -0.05) is 12.1 Å². The Morgan fingerprint density at radius 2 is 1.66 bits per heavy atom. The van der Waals surface area contributed by atoms with Crippen LogP contribution in [0.1, 0.15) is 59.3 Å². The highest BCUT2D eigenvalue weighted by Gasteiger charge is 2.56. The summed E-state index contributed by atoms with van der Waals surface area (Å²) in [4.78, 5) is 41.3. The van der Waals surface area contributed by atoms with Crippen LogP contribution < -0.4 is 15.5 Å². The van der Waals surface area contributed by atoms with Gasteiger partial charge >= 0.3 is 6.09 Å². The van der Waals surface area contributed by atoms with Gasteiger partial charge < -0.3 is 20.3 Å². The maximum atomic E-state index is 14.2. The molecule has 1 aromatic carbocycles. The van der Waals surface area contributed by atoms with Gasteiger partial charge in [-0.15, -0.1) is 0 Å². The molecule has 7 nitrogen and oxygen atoms in total. The Bertz CT molecular complexity index is 915. The quantitative estimate of drug-likeness (QED) is 0.727. The van der Waals surface area contributed by atoms with Gasteiger partial charge in [-0.3, -0.25) is 9.59 Å². The number of rotatable bonds is 2. The minimum atomic E-state index is -0.893. The molecule has 1 heterocycles. The van der Waals surface area contributed by atoms with Gasteiger partial charge in [0, 0.05) is 0 Å². The van der Waals surface area contributed by atoms with Gasteiger partial charge in [0.2, 0.25) is 11.8 Å². The predicted octanol–water partition coefficient (Wildman–Crippen LogP) is 4.08. The van der Waals surface area contributed by atoms with E-state index in [0.717, 1.165) is 19.3 Å². The molecule has 1 unspecified atom stereocenters. The van der Waals surface area contributed by atoms with E-state index in [-0.39, 0.29) is 23.8 Å². The van der Waals surface area contributed by atoms with Crippen molar-refractivity contribution in [1.29, 1.82) is 0 Å². The zero-order chi connectivity index (χ0) is 22.7. The van der Waals surface area contributed by atoms with E-state index in [1.54, 1.807) is 25.7 Å². The lowest BCUT2D eigenvalue weighted by atomic mass is 9.49. The number of nitrogens with zero attached hydrogens (tertiary/aromatic N) is 1. The molecule has 6 rings (SSSR count). The zero-order valence-electron chi connectivity index (χ0n) is 19.1. The summed E-state index contributed by atoms with van der Waals surface area (Å²) >= 11 is 0. The number of anilines is 2. The van der Waals surface area contributed by atoms with Crippen molar-refractivity contribution in [2.24, 2.45) is 23.2 Å². The van der Waals surface area contributed by atoms with E-state index in [0.29, 0.717) is 29.1 Å². The van der Waals surface area contributed by atoms with Gasteiger partial charge in [-0.2, -0.15) is 0 Å². The number of carbonyl (C=O) groups is 3. The second-order valence-corrected chi connectivity index (χ2v) is 11.3. The molecule has 0 spiro atoms. The third-order valence-corrected chi connectivity index (χ3v) is 7.56. The van der Waals surface area contributed by atoms with Crippen LogP contribution in [0.5, 0.6) is 0 Å². The van der Waals surface area contributed by atoms with Crippen LogP contribution in [-0.4, -0.2) is 36.1 Å². The first kappa shape index (κ1) is 21.3. The third kappa shape index (κ3) is 3.86. The minimum Gasteiger partial charge on any atom is -0.444 e. The van der Waals surface area contributed by atoms with Crippen molar-refractivity contribution in [2.45, 2.75) is 70.9 Å². The Hall–Kier alpha value is -2.57. The summed E-state index contributed by atoms with van der Waals surface area (Å²) in [6, 6.07) is 6.52. The number of alkyl carbamates (subject to hydrolysis) is 1. The van der Waals surface area contributed by atoms with Crippen molar-refractivity contribution >= 4 is 29.3 Å². The molecule has 1 aliphatic heterocycles. The molecule has 5 aliphatic rings. The molecule has 4 saturated carbocycles.